The highest BCUT2D eigenvalue weighted by atomic mass is 19.1. The molecule has 186 valence electrons. The van der Waals surface area contributed by atoms with Gasteiger partial charge in [-0.25, -0.2) is 4.39 Å². The van der Waals surface area contributed by atoms with Gasteiger partial charge in [0.2, 0.25) is 11.8 Å². The number of benzene rings is 1. The van der Waals surface area contributed by atoms with Gasteiger partial charge >= 0.3 is 0 Å². The van der Waals surface area contributed by atoms with Gasteiger partial charge < -0.3 is 14.4 Å². The Kier molecular flexibility index (Phi) is 10.2. The van der Waals surface area contributed by atoms with E-state index in [9.17, 15) is 14.0 Å². The number of halogens is 1. The summed E-state index contributed by atoms with van der Waals surface area (Å²) in [5.74, 6) is -0.150. The zero-order valence-electron chi connectivity index (χ0n) is 20.8. The van der Waals surface area contributed by atoms with Crippen LogP contribution in [0, 0.1) is 5.82 Å². The molecule has 1 aromatic carbocycles. The highest BCUT2D eigenvalue weighted by Gasteiger charge is 2.28. The number of aromatic nitrogens is 1. The summed E-state index contributed by atoms with van der Waals surface area (Å²) in [5.41, 5.74) is 2.08. The topological polar surface area (TPSA) is 45.6 Å². The van der Waals surface area contributed by atoms with E-state index in [2.05, 4.69) is 17.6 Å². The van der Waals surface area contributed by atoms with Crippen LogP contribution in [-0.4, -0.2) is 45.3 Å². The Bertz CT molecular complexity index is 903. The third kappa shape index (κ3) is 7.44. The molecule has 1 heterocycles. The van der Waals surface area contributed by atoms with Gasteiger partial charge in [-0.1, -0.05) is 58.1 Å². The van der Waals surface area contributed by atoms with E-state index >= 15 is 0 Å². The molecule has 0 N–H and O–H groups in total. The van der Waals surface area contributed by atoms with Crippen LogP contribution in [0.3, 0.4) is 0 Å². The normalized spacial score (nSPS) is 14.2. The Morgan fingerprint density at radius 2 is 1.74 bits per heavy atom. The second-order valence-electron chi connectivity index (χ2n) is 9.44. The van der Waals surface area contributed by atoms with Crippen molar-refractivity contribution in [2.24, 2.45) is 0 Å². The van der Waals surface area contributed by atoms with E-state index in [0.29, 0.717) is 26.1 Å². The average molecular weight is 470 g/mol. The Morgan fingerprint density at radius 3 is 2.41 bits per heavy atom. The highest BCUT2D eigenvalue weighted by molar-refractivity contribution is 5.85. The third-order valence-electron chi connectivity index (χ3n) is 6.87. The average Bonchev–Trinajstić information content (AvgIpc) is 3.29. The van der Waals surface area contributed by atoms with E-state index in [4.69, 9.17) is 0 Å². The minimum atomic E-state index is -0.240. The number of unbranched alkanes of at least 4 members (excludes halogenated alkanes) is 2. The molecule has 2 aromatic rings. The molecule has 1 saturated carbocycles. The van der Waals surface area contributed by atoms with E-state index in [1.165, 1.54) is 18.6 Å². The van der Waals surface area contributed by atoms with Crippen LogP contribution in [0.2, 0.25) is 0 Å². The first-order chi connectivity index (χ1) is 16.5. The Balaban J connectivity index is 1.76. The molecule has 0 unspecified atom stereocenters. The molecular weight excluding hydrogens is 429 g/mol. The van der Waals surface area contributed by atoms with Gasteiger partial charge in [-0.15, -0.1) is 0 Å². The molecule has 2 amide bonds. The van der Waals surface area contributed by atoms with Gasteiger partial charge in [-0.3, -0.25) is 9.59 Å². The van der Waals surface area contributed by atoms with Crippen LogP contribution in [0.25, 0.3) is 0 Å². The summed E-state index contributed by atoms with van der Waals surface area (Å²) in [7, 11) is 0. The third-order valence-corrected chi connectivity index (χ3v) is 6.87. The van der Waals surface area contributed by atoms with Crippen molar-refractivity contribution >= 4 is 11.8 Å². The molecule has 0 atom stereocenters. The van der Waals surface area contributed by atoms with Crippen molar-refractivity contribution < 1.29 is 14.0 Å². The number of amides is 2. The predicted octanol–water partition coefficient (Wildman–Crippen LogP) is 5.77. The van der Waals surface area contributed by atoms with Crippen LogP contribution in [0.15, 0.2) is 42.6 Å². The molecule has 0 saturated heterocycles. The standard InChI is InChI=1S/C28H40FN3O2/c1-3-5-9-18-31(27(33)4-2)22-28(34)32(25-11-7-6-8-12-25)21-26-13-10-19-30(26)20-23-14-16-24(29)17-15-23/h10,13-17,19,25H,3-9,11-12,18,20-22H2,1-2H3. The lowest BCUT2D eigenvalue weighted by molar-refractivity contribution is -0.142. The van der Waals surface area contributed by atoms with Crippen LogP contribution in [0.5, 0.6) is 0 Å². The molecule has 0 radical (unpaired) electrons. The van der Waals surface area contributed by atoms with Gasteiger partial charge in [0.15, 0.2) is 0 Å². The maximum Gasteiger partial charge on any atom is 0.242 e. The molecule has 6 heteroatoms. The second kappa shape index (κ2) is 13.3. The second-order valence-corrected chi connectivity index (χ2v) is 9.44. The maximum atomic E-state index is 13.6. The van der Waals surface area contributed by atoms with Crippen LogP contribution < -0.4 is 0 Å². The van der Waals surface area contributed by atoms with Crippen LogP contribution in [-0.2, 0) is 22.7 Å². The van der Waals surface area contributed by atoms with Gasteiger partial charge in [-0.2, -0.15) is 0 Å². The molecule has 0 bridgehead atoms. The van der Waals surface area contributed by atoms with E-state index in [1.807, 2.05) is 24.1 Å². The van der Waals surface area contributed by atoms with Gasteiger partial charge in [0.1, 0.15) is 5.82 Å². The van der Waals surface area contributed by atoms with Crippen LogP contribution in [0.1, 0.15) is 82.9 Å². The SMILES string of the molecule is CCCCCN(CC(=O)N(Cc1cccn1Cc1ccc(F)cc1)C1CCCCC1)C(=O)CC. The summed E-state index contributed by atoms with van der Waals surface area (Å²) in [5, 5.41) is 0. The molecule has 3 rings (SSSR count). The van der Waals surface area contributed by atoms with Gasteiger partial charge in [0, 0.05) is 37.4 Å². The van der Waals surface area contributed by atoms with Crippen molar-refractivity contribution in [3.63, 3.8) is 0 Å². The first-order valence-corrected chi connectivity index (χ1v) is 13.0. The molecule has 1 aromatic heterocycles. The zero-order chi connectivity index (χ0) is 24.3. The summed E-state index contributed by atoms with van der Waals surface area (Å²) in [6.07, 6.45) is 11.0. The van der Waals surface area contributed by atoms with Crippen LogP contribution in [0.4, 0.5) is 4.39 Å². The maximum absolute atomic E-state index is 13.6. The smallest absolute Gasteiger partial charge is 0.242 e. The number of nitrogens with zero attached hydrogens (tertiary/aromatic N) is 3. The number of hydrogen-bond donors (Lipinski definition) is 0. The summed E-state index contributed by atoms with van der Waals surface area (Å²) in [6.45, 7) is 5.97. The molecule has 0 spiro atoms. The summed E-state index contributed by atoms with van der Waals surface area (Å²) in [4.78, 5) is 30.0. The van der Waals surface area contributed by atoms with Crippen molar-refractivity contribution in [2.45, 2.75) is 90.8 Å². The van der Waals surface area contributed by atoms with Crippen LogP contribution >= 0.6 is 0 Å². The van der Waals surface area contributed by atoms with Gasteiger partial charge in [-0.05, 0) is 49.1 Å². The molecule has 34 heavy (non-hydrogen) atoms. The number of hydrogen-bond acceptors (Lipinski definition) is 2. The quantitative estimate of drug-likeness (QED) is 0.371. The predicted molar refractivity (Wildman–Crippen MR) is 134 cm³/mol. The molecule has 5 nitrogen and oxygen atoms in total. The summed E-state index contributed by atoms with van der Waals surface area (Å²) in [6, 6.07) is 10.8. The lowest BCUT2D eigenvalue weighted by Crippen LogP contribution is -2.47. The summed E-state index contributed by atoms with van der Waals surface area (Å²) < 4.78 is 15.4. The Labute approximate surface area is 203 Å². The Hall–Kier alpha value is -2.63. The molecule has 1 aliphatic rings. The van der Waals surface area contributed by atoms with E-state index in [0.717, 1.165) is 56.2 Å². The molecule has 0 aliphatic heterocycles. The van der Waals surface area contributed by atoms with Gasteiger partial charge in [0.25, 0.3) is 0 Å². The number of rotatable bonds is 12. The van der Waals surface area contributed by atoms with E-state index in [-0.39, 0.29) is 30.2 Å². The first-order valence-electron chi connectivity index (χ1n) is 13.0. The van der Waals surface area contributed by atoms with Crippen molar-refractivity contribution in [3.8, 4) is 0 Å². The first kappa shape index (κ1) is 26.0. The summed E-state index contributed by atoms with van der Waals surface area (Å²) >= 11 is 0. The van der Waals surface area contributed by atoms with E-state index in [1.54, 1.807) is 17.0 Å². The highest BCUT2D eigenvalue weighted by Crippen LogP contribution is 2.25. The monoisotopic (exact) mass is 469 g/mol. The molecule has 1 fully saturated rings. The van der Waals surface area contributed by atoms with Gasteiger partial charge in [0.05, 0.1) is 13.1 Å². The minimum Gasteiger partial charge on any atom is -0.345 e. The van der Waals surface area contributed by atoms with Crippen molar-refractivity contribution in [1.29, 1.82) is 0 Å². The molecule has 1 aliphatic carbocycles. The van der Waals surface area contributed by atoms with Crippen molar-refractivity contribution in [1.82, 2.24) is 14.4 Å². The van der Waals surface area contributed by atoms with E-state index < -0.39 is 0 Å². The number of carbonyl (C=O) groups excluding carboxylic acids is 2. The minimum absolute atomic E-state index is 0.0414. The van der Waals surface area contributed by atoms with Crippen molar-refractivity contribution in [3.05, 3.63) is 59.7 Å². The fraction of sp³-hybridized carbons (Fsp3) is 0.571. The lowest BCUT2D eigenvalue weighted by atomic mass is 9.94. The van der Waals surface area contributed by atoms with Crippen molar-refractivity contribution in [2.75, 3.05) is 13.1 Å². The fourth-order valence-corrected chi connectivity index (χ4v) is 4.84. The lowest BCUT2D eigenvalue weighted by Gasteiger charge is -2.36. The fourth-order valence-electron chi connectivity index (χ4n) is 4.84. The largest absolute Gasteiger partial charge is 0.345 e. The molecular formula is C28H40FN3O2. The Morgan fingerprint density at radius 1 is 1.00 bits per heavy atom. The zero-order valence-corrected chi connectivity index (χ0v) is 20.8. The number of carbonyl (C=O) groups is 2.